The Bertz CT molecular complexity index is 3310. The molecule has 4 N–H and O–H groups in total. The fourth-order valence-electron chi connectivity index (χ4n) is 8.93. The molecule has 71 heavy (non-hydrogen) atoms. The van der Waals surface area contributed by atoms with Crippen LogP contribution in [0.2, 0.25) is 10.0 Å². The number of fused-ring (bicyclic) bond motifs is 3. The molecule has 0 bridgehead atoms. The molecule has 11 rings (SSSR count). The minimum atomic E-state index is -0.889. The summed E-state index contributed by atoms with van der Waals surface area (Å²) >= 11 is 12.2. The monoisotopic (exact) mass is 1010 g/mol. The number of likely N-dealkylation sites (tertiary alicyclic amines) is 2. The lowest BCUT2D eigenvalue weighted by Gasteiger charge is -2.33. The number of amides is 2. The highest BCUT2D eigenvalue weighted by Crippen LogP contribution is 2.34. The van der Waals surface area contributed by atoms with E-state index in [1.165, 1.54) is 11.1 Å². The highest BCUT2D eigenvalue weighted by Gasteiger charge is 2.29. The number of pyridine rings is 2. The quantitative estimate of drug-likeness (QED) is 0.0951. The Morgan fingerprint density at radius 2 is 1.20 bits per heavy atom. The molecule has 3 aliphatic rings. The summed E-state index contributed by atoms with van der Waals surface area (Å²) in [5, 5.41) is 8.56. The summed E-state index contributed by atoms with van der Waals surface area (Å²) in [7, 11) is 0. The third-order valence-electron chi connectivity index (χ3n) is 12.5. The molecular weight excluding hydrogens is 968 g/mol. The zero-order valence-electron chi connectivity index (χ0n) is 37.5. The van der Waals surface area contributed by atoms with Crippen LogP contribution in [0.1, 0.15) is 46.4 Å². The number of anilines is 2. The maximum absolute atomic E-state index is 14.6. The molecule has 22 heteroatoms. The highest BCUT2D eigenvalue weighted by molar-refractivity contribution is 6.31. The number of piperidine rings is 2. The number of rotatable bonds is 10. The molecule has 6 aromatic heterocycles. The Kier molecular flexibility index (Phi) is 13.5. The van der Waals surface area contributed by atoms with Crippen molar-refractivity contribution < 1.29 is 36.6 Å². The van der Waals surface area contributed by atoms with Crippen LogP contribution in [-0.2, 0) is 0 Å². The third kappa shape index (κ3) is 10.3. The van der Waals surface area contributed by atoms with E-state index in [4.69, 9.17) is 32.7 Å². The predicted molar refractivity (Wildman–Crippen MR) is 257 cm³/mol. The van der Waals surface area contributed by atoms with Crippen LogP contribution in [0.4, 0.5) is 29.2 Å². The Balaban J connectivity index is 0.000000164. The van der Waals surface area contributed by atoms with Crippen molar-refractivity contribution in [2.24, 2.45) is 11.8 Å². The number of halogens is 6. The van der Waals surface area contributed by atoms with Gasteiger partial charge in [0.1, 0.15) is 22.9 Å². The van der Waals surface area contributed by atoms with Gasteiger partial charge in [0.15, 0.2) is 46.4 Å². The van der Waals surface area contributed by atoms with Crippen LogP contribution >= 0.6 is 23.2 Å². The number of hydrogen-bond donors (Lipinski definition) is 4. The first-order valence-electron chi connectivity index (χ1n) is 22.7. The fraction of sp³-hybridized carbons (Fsp3) is 0.265. The maximum Gasteiger partial charge on any atom is 0.256 e. The van der Waals surface area contributed by atoms with E-state index in [1.807, 2.05) is 4.90 Å². The summed E-state index contributed by atoms with van der Waals surface area (Å²) in [4.78, 5) is 60.8. The van der Waals surface area contributed by atoms with E-state index in [1.54, 1.807) is 48.9 Å². The average molecular weight is 1010 g/mol. The lowest BCUT2D eigenvalue weighted by molar-refractivity contribution is 0.0670. The molecule has 0 spiro atoms. The zero-order chi connectivity index (χ0) is 49.2. The molecule has 0 saturated carbocycles. The normalized spacial score (nSPS) is 16.5. The number of carbonyl (C=O) groups excluding carboxylic acids is 2. The number of aromatic nitrogens is 8. The second-order valence-electron chi connectivity index (χ2n) is 17.3. The van der Waals surface area contributed by atoms with Crippen LogP contribution in [0.15, 0.2) is 85.7 Å². The van der Waals surface area contributed by atoms with Crippen molar-refractivity contribution >= 4 is 68.7 Å². The van der Waals surface area contributed by atoms with E-state index in [0.717, 1.165) is 49.2 Å². The van der Waals surface area contributed by atoms with Gasteiger partial charge in [0.25, 0.3) is 11.8 Å². The first-order valence-corrected chi connectivity index (χ1v) is 23.4. The van der Waals surface area contributed by atoms with Gasteiger partial charge in [0.2, 0.25) is 6.79 Å². The molecule has 364 valence electrons. The van der Waals surface area contributed by atoms with Crippen molar-refractivity contribution in [2.45, 2.75) is 25.7 Å². The van der Waals surface area contributed by atoms with Gasteiger partial charge in [-0.15, -0.1) is 0 Å². The Labute approximate surface area is 412 Å². The zero-order valence-corrected chi connectivity index (χ0v) is 39.0. The van der Waals surface area contributed by atoms with Crippen LogP contribution in [0.3, 0.4) is 0 Å². The minimum Gasteiger partial charge on any atom is -0.454 e. The van der Waals surface area contributed by atoms with Crippen LogP contribution in [0, 0.1) is 35.1 Å². The molecule has 8 aromatic rings. The van der Waals surface area contributed by atoms with E-state index in [2.05, 4.69) is 50.5 Å². The van der Waals surface area contributed by atoms with Gasteiger partial charge < -0.3 is 39.9 Å². The second kappa shape index (κ2) is 20.4. The van der Waals surface area contributed by atoms with Gasteiger partial charge in [0, 0.05) is 97.6 Å². The van der Waals surface area contributed by atoms with Crippen LogP contribution in [0.25, 0.3) is 44.8 Å². The lowest BCUT2D eigenvalue weighted by Crippen LogP contribution is -2.42. The number of nitrogens with one attached hydrogen (secondary N) is 4. The highest BCUT2D eigenvalue weighted by atomic mass is 35.5. The Morgan fingerprint density at radius 1 is 0.648 bits per heavy atom. The molecular formula is C49H42Cl2F4N12O4. The van der Waals surface area contributed by atoms with Gasteiger partial charge in [-0.3, -0.25) is 9.59 Å². The molecule has 2 aromatic carbocycles. The van der Waals surface area contributed by atoms with Gasteiger partial charge in [-0.2, -0.15) is 0 Å². The summed E-state index contributed by atoms with van der Waals surface area (Å²) in [6.07, 6.45) is 12.0. The topological polar surface area (TPSA) is 192 Å². The molecule has 16 nitrogen and oxygen atoms in total. The van der Waals surface area contributed by atoms with Crippen molar-refractivity contribution in [3.63, 3.8) is 0 Å². The Hall–Kier alpha value is -7.58. The number of ether oxygens (including phenoxy) is 2. The van der Waals surface area contributed by atoms with Crippen molar-refractivity contribution in [1.29, 1.82) is 0 Å². The number of H-pyrrole nitrogens is 2. The van der Waals surface area contributed by atoms with E-state index in [-0.39, 0.29) is 41.7 Å². The van der Waals surface area contributed by atoms with Crippen molar-refractivity contribution in [3.8, 4) is 34.3 Å². The standard InChI is InChI=1S/C25H22ClFN6O3.C24H20ClF3N6O/c26-16-7-17-18(10-30-22(17)29-9-16)23-31-11-19(27)24(32-23)28-8-14-2-1-5-33(12-14)25(34)15-3-4-20-21(6-15)36-13-35-20;25-14-6-17-18(10-31-21(17)30-9-14)22-32-11-20(28)23(33-22)29-8-13-2-1-5-34(12-13)24(35)16-4-3-15(26)7-19(16)27/h3-4,6-7,9-11,14H,1-2,5,8,12-13H2,(H,29,30)(H,28,31,32);3-4,6-7,9-11,13H,1-2,5,8,12H2,(H,30,31)(H,29,32,33). The fourth-order valence-corrected chi connectivity index (χ4v) is 9.24. The van der Waals surface area contributed by atoms with Crippen molar-refractivity contribution in [3.05, 3.63) is 130 Å². The molecule has 0 aliphatic carbocycles. The SMILES string of the molecule is O=C(c1ccc(F)cc1F)N1CCCC(CNc2nc(-c3c[nH]c4ncc(Cl)cc34)ncc2F)C1.O=C(c1ccc2c(c1)OCO2)N1CCCC(CNc2nc(-c3c[nH]c4ncc(Cl)cc34)ncc2F)C1. The molecule has 2 fully saturated rings. The average Bonchev–Trinajstić information content (AvgIpc) is 4.14. The van der Waals surface area contributed by atoms with Gasteiger partial charge in [-0.1, -0.05) is 23.2 Å². The summed E-state index contributed by atoms with van der Waals surface area (Å²) in [5.41, 5.74) is 2.96. The predicted octanol–water partition coefficient (Wildman–Crippen LogP) is 9.56. The third-order valence-corrected chi connectivity index (χ3v) is 12.9. The van der Waals surface area contributed by atoms with Gasteiger partial charge in [0.05, 0.1) is 28.0 Å². The van der Waals surface area contributed by atoms with E-state index < -0.39 is 29.2 Å². The first kappa shape index (κ1) is 47.1. The van der Waals surface area contributed by atoms with E-state index >= 15 is 0 Å². The first-order chi connectivity index (χ1) is 34.4. The lowest BCUT2D eigenvalue weighted by atomic mass is 9.97. The second-order valence-corrected chi connectivity index (χ2v) is 18.1. The molecule has 2 saturated heterocycles. The summed E-state index contributed by atoms with van der Waals surface area (Å²) in [6, 6.07) is 11.6. The number of hydrogen-bond acceptors (Lipinski definition) is 12. The molecule has 2 amide bonds. The molecule has 2 atom stereocenters. The number of aromatic amines is 2. The van der Waals surface area contributed by atoms with Crippen LogP contribution < -0.4 is 20.1 Å². The summed E-state index contributed by atoms with van der Waals surface area (Å²) in [5.74, 6) is -1.15. The van der Waals surface area contributed by atoms with Gasteiger partial charge in [-0.25, -0.2) is 47.5 Å². The van der Waals surface area contributed by atoms with Crippen molar-refractivity contribution in [2.75, 3.05) is 56.7 Å². The van der Waals surface area contributed by atoms with Crippen LogP contribution in [-0.4, -0.2) is 108 Å². The number of benzene rings is 2. The van der Waals surface area contributed by atoms with Crippen LogP contribution in [0.5, 0.6) is 11.5 Å². The van der Waals surface area contributed by atoms with E-state index in [9.17, 15) is 27.2 Å². The van der Waals surface area contributed by atoms with E-state index in [0.29, 0.717) is 118 Å². The summed E-state index contributed by atoms with van der Waals surface area (Å²) in [6.45, 7) is 3.05. The minimum absolute atomic E-state index is 0.00915. The maximum atomic E-state index is 14.6. The Morgan fingerprint density at radius 3 is 1.76 bits per heavy atom. The van der Waals surface area contributed by atoms with Crippen molar-refractivity contribution in [1.82, 2.24) is 49.7 Å². The van der Waals surface area contributed by atoms with Gasteiger partial charge >= 0.3 is 0 Å². The smallest absolute Gasteiger partial charge is 0.256 e. The van der Waals surface area contributed by atoms with Gasteiger partial charge in [-0.05, 0) is 80.0 Å². The molecule has 0 radical (unpaired) electrons. The molecule has 9 heterocycles. The molecule has 2 unspecified atom stereocenters. The number of carbonyl (C=O) groups is 2. The molecule has 3 aliphatic heterocycles. The number of nitrogens with zero attached hydrogens (tertiary/aromatic N) is 8. The largest absolute Gasteiger partial charge is 0.454 e. The summed E-state index contributed by atoms with van der Waals surface area (Å²) < 4.78 is 67.0.